The molecular formula is C17H27ClN6O2. The van der Waals surface area contributed by atoms with E-state index < -0.39 is 0 Å². The number of guanidine groups is 1. The molecule has 1 atom stereocenters. The quantitative estimate of drug-likeness (QED) is 0.347. The number of carbonyl (C=O) groups excluding carboxylic acids is 1. The van der Waals surface area contributed by atoms with E-state index in [1.54, 1.807) is 13.3 Å². The highest BCUT2D eigenvalue weighted by atomic mass is 35.5. The molecule has 0 spiro atoms. The number of aromatic nitrogens is 1. The van der Waals surface area contributed by atoms with Gasteiger partial charge in [-0.3, -0.25) is 4.79 Å². The molecule has 1 saturated heterocycles. The van der Waals surface area contributed by atoms with Gasteiger partial charge in [0.2, 0.25) is 5.91 Å². The molecule has 26 heavy (non-hydrogen) atoms. The van der Waals surface area contributed by atoms with Gasteiger partial charge in [-0.25, -0.2) is 9.98 Å². The van der Waals surface area contributed by atoms with Crippen molar-refractivity contribution in [1.29, 1.82) is 0 Å². The second kappa shape index (κ2) is 10.8. The molecule has 0 radical (unpaired) electrons. The van der Waals surface area contributed by atoms with Crippen LogP contribution >= 0.6 is 11.6 Å². The summed E-state index contributed by atoms with van der Waals surface area (Å²) in [6, 6.07) is 3.88. The van der Waals surface area contributed by atoms with Crippen LogP contribution in [0.25, 0.3) is 0 Å². The molecule has 1 aromatic rings. The van der Waals surface area contributed by atoms with Crippen LogP contribution in [-0.2, 0) is 9.53 Å². The van der Waals surface area contributed by atoms with Crippen molar-refractivity contribution in [1.82, 2.24) is 20.9 Å². The van der Waals surface area contributed by atoms with Crippen LogP contribution in [0.1, 0.15) is 13.3 Å². The monoisotopic (exact) mass is 382 g/mol. The van der Waals surface area contributed by atoms with Gasteiger partial charge >= 0.3 is 0 Å². The first-order chi connectivity index (χ1) is 12.6. The summed E-state index contributed by atoms with van der Waals surface area (Å²) in [5.41, 5.74) is 0. The molecule has 8 nitrogen and oxygen atoms in total. The maximum absolute atomic E-state index is 11.8. The number of hydrogen-bond acceptors (Lipinski definition) is 5. The van der Waals surface area contributed by atoms with E-state index >= 15 is 0 Å². The zero-order chi connectivity index (χ0) is 18.8. The fourth-order valence-electron chi connectivity index (χ4n) is 2.69. The number of hydrogen-bond donors (Lipinski definition) is 3. The highest BCUT2D eigenvalue weighted by molar-refractivity contribution is 6.32. The molecule has 0 saturated carbocycles. The second-order valence-corrected chi connectivity index (χ2v) is 6.33. The topological polar surface area (TPSA) is 90.9 Å². The molecule has 0 aliphatic carbocycles. The Hall–Kier alpha value is -2.06. The predicted octanol–water partition coefficient (Wildman–Crippen LogP) is 0.631. The number of ether oxygens (including phenoxy) is 1. The smallest absolute Gasteiger partial charge is 0.241 e. The molecular weight excluding hydrogens is 356 g/mol. The number of amides is 1. The summed E-state index contributed by atoms with van der Waals surface area (Å²) < 4.78 is 4.91. The van der Waals surface area contributed by atoms with Crippen molar-refractivity contribution in [2.45, 2.75) is 19.4 Å². The van der Waals surface area contributed by atoms with Gasteiger partial charge in [-0.2, -0.15) is 0 Å². The van der Waals surface area contributed by atoms with Crippen molar-refractivity contribution in [3.05, 3.63) is 23.4 Å². The summed E-state index contributed by atoms with van der Waals surface area (Å²) in [6.07, 6.45) is 2.69. The molecule has 1 amide bonds. The lowest BCUT2D eigenvalue weighted by atomic mass is 10.3. The molecule has 2 heterocycles. The van der Waals surface area contributed by atoms with Gasteiger partial charge in [-0.15, -0.1) is 0 Å². The molecule has 9 heteroatoms. The van der Waals surface area contributed by atoms with Gasteiger partial charge in [-0.1, -0.05) is 11.6 Å². The Balaban J connectivity index is 1.86. The van der Waals surface area contributed by atoms with E-state index in [4.69, 9.17) is 16.3 Å². The lowest BCUT2D eigenvalue weighted by molar-refractivity contribution is -0.119. The first-order valence-electron chi connectivity index (χ1n) is 8.80. The van der Waals surface area contributed by atoms with Gasteiger partial charge in [0.05, 0.1) is 11.6 Å². The number of nitrogens with zero attached hydrogens (tertiary/aromatic N) is 3. The minimum Gasteiger partial charge on any atom is -0.383 e. The van der Waals surface area contributed by atoms with Gasteiger partial charge in [0.25, 0.3) is 0 Å². The second-order valence-electron chi connectivity index (χ2n) is 5.92. The zero-order valence-electron chi connectivity index (χ0n) is 15.3. The maximum atomic E-state index is 11.8. The fourth-order valence-corrected chi connectivity index (χ4v) is 2.93. The largest absolute Gasteiger partial charge is 0.383 e. The molecule has 0 bridgehead atoms. The minimum absolute atomic E-state index is 0.0710. The van der Waals surface area contributed by atoms with Crippen LogP contribution in [0.15, 0.2) is 23.3 Å². The Bertz CT molecular complexity index is 613. The van der Waals surface area contributed by atoms with Crippen molar-refractivity contribution in [3.63, 3.8) is 0 Å². The average molecular weight is 383 g/mol. The van der Waals surface area contributed by atoms with Gasteiger partial charge in [0.15, 0.2) is 5.96 Å². The molecule has 1 fully saturated rings. The van der Waals surface area contributed by atoms with Gasteiger partial charge in [0.1, 0.15) is 12.4 Å². The Morgan fingerprint density at radius 3 is 3.08 bits per heavy atom. The Morgan fingerprint density at radius 1 is 1.50 bits per heavy atom. The van der Waals surface area contributed by atoms with E-state index in [0.29, 0.717) is 24.1 Å². The normalized spacial score (nSPS) is 17.3. The SMILES string of the molecule is CCNC(=NCC(=O)NCCOC)NC1CCN(c2ncccc2Cl)C1. The standard InChI is InChI=1S/C17H27ClN6O2/c1-3-19-17(22-11-15(25)20-8-10-26-2)23-13-6-9-24(12-13)16-14(18)5-4-7-21-16/h4-5,7,13H,3,6,8-12H2,1-2H3,(H,20,25)(H2,19,22,23). The first kappa shape index (κ1) is 20.3. The highest BCUT2D eigenvalue weighted by Gasteiger charge is 2.25. The zero-order valence-corrected chi connectivity index (χ0v) is 16.1. The van der Waals surface area contributed by atoms with E-state index in [0.717, 1.165) is 31.9 Å². The average Bonchev–Trinajstić information content (AvgIpc) is 3.09. The summed E-state index contributed by atoms with van der Waals surface area (Å²) in [6.45, 7) is 5.40. The molecule has 1 aliphatic rings. The Labute approximate surface area is 159 Å². The maximum Gasteiger partial charge on any atom is 0.241 e. The summed E-state index contributed by atoms with van der Waals surface area (Å²) >= 11 is 6.23. The van der Waals surface area contributed by atoms with Crippen LogP contribution in [0, 0.1) is 0 Å². The van der Waals surface area contributed by atoms with Gasteiger partial charge < -0.3 is 25.6 Å². The number of pyridine rings is 1. The summed E-state index contributed by atoms with van der Waals surface area (Å²) in [5, 5.41) is 9.96. The van der Waals surface area contributed by atoms with Crippen molar-refractivity contribution in [2.24, 2.45) is 4.99 Å². The van der Waals surface area contributed by atoms with Crippen molar-refractivity contribution in [3.8, 4) is 0 Å². The number of halogens is 1. The number of anilines is 1. The van der Waals surface area contributed by atoms with Crippen LogP contribution < -0.4 is 20.9 Å². The summed E-state index contributed by atoms with van der Waals surface area (Å²) in [4.78, 5) is 22.6. The first-order valence-corrected chi connectivity index (χ1v) is 9.17. The number of nitrogens with one attached hydrogen (secondary N) is 3. The summed E-state index contributed by atoms with van der Waals surface area (Å²) in [7, 11) is 1.60. The van der Waals surface area contributed by atoms with E-state index in [1.807, 2.05) is 19.1 Å². The highest BCUT2D eigenvalue weighted by Crippen LogP contribution is 2.25. The third-order valence-electron chi connectivity index (χ3n) is 3.92. The van der Waals surface area contributed by atoms with Crippen molar-refractivity contribution >= 4 is 29.3 Å². The van der Waals surface area contributed by atoms with Crippen LogP contribution in [-0.4, -0.2) is 69.3 Å². The molecule has 1 unspecified atom stereocenters. The lowest BCUT2D eigenvalue weighted by Crippen LogP contribution is -2.45. The minimum atomic E-state index is -0.132. The summed E-state index contributed by atoms with van der Waals surface area (Å²) in [5.74, 6) is 1.30. The molecule has 2 rings (SSSR count). The van der Waals surface area contributed by atoms with Gasteiger partial charge in [0, 0.05) is 45.5 Å². The third-order valence-corrected chi connectivity index (χ3v) is 4.22. The number of methoxy groups -OCH3 is 1. The van der Waals surface area contributed by atoms with E-state index in [-0.39, 0.29) is 18.5 Å². The third kappa shape index (κ3) is 6.34. The van der Waals surface area contributed by atoms with Crippen LogP contribution in [0.3, 0.4) is 0 Å². The predicted molar refractivity (Wildman–Crippen MR) is 104 cm³/mol. The van der Waals surface area contributed by atoms with Crippen LogP contribution in [0.5, 0.6) is 0 Å². The van der Waals surface area contributed by atoms with Crippen molar-refractivity contribution < 1.29 is 9.53 Å². The van der Waals surface area contributed by atoms with Crippen LogP contribution in [0.4, 0.5) is 5.82 Å². The Morgan fingerprint density at radius 2 is 2.35 bits per heavy atom. The van der Waals surface area contributed by atoms with E-state index in [9.17, 15) is 4.79 Å². The molecule has 0 aromatic carbocycles. The molecule has 3 N–H and O–H groups in total. The van der Waals surface area contributed by atoms with E-state index in [2.05, 4.69) is 30.8 Å². The Kier molecular flexibility index (Phi) is 8.43. The molecule has 144 valence electrons. The van der Waals surface area contributed by atoms with Crippen molar-refractivity contribution in [2.75, 3.05) is 51.3 Å². The molecule has 1 aromatic heterocycles. The van der Waals surface area contributed by atoms with E-state index in [1.165, 1.54) is 0 Å². The lowest BCUT2D eigenvalue weighted by Gasteiger charge is -2.20. The number of aliphatic imine (C=N–C) groups is 1. The number of carbonyl (C=O) groups is 1. The van der Waals surface area contributed by atoms with Crippen LogP contribution in [0.2, 0.25) is 5.02 Å². The molecule has 1 aliphatic heterocycles. The van der Waals surface area contributed by atoms with Gasteiger partial charge in [-0.05, 0) is 25.5 Å². The number of rotatable bonds is 8. The fraction of sp³-hybridized carbons (Fsp3) is 0.588.